The van der Waals surface area contributed by atoms with Crippen molar-refractivity contribution in [2.75, 3.05) is 14.2 Å². The molecule has 0 saturated heterocycles. The number of pyridine rings is 1. The smallest absolute Gasteiger partial charge is 0.243 e. The highest BCUT2D eigenvalue weighted by Crippen LogP contribution is 2.12. The second-order valence-electron chi connectivity index (χ2n) is 2.70. The Bertz CT molecular complexity index is 491. The molecule has 0 aliphatic carbocycles. The van der Waals surface area contributed by atoms with E-state index < -0.39 is 23.0 Å². The van der Waals surface area contributed by atoms with Gasteiger partial charge in [-0.25, -0.2) is 9.37 Å². The summed E-state index contributed by atoms with van der Waals surface area (Å²) in [5.41, 5.74) is -0.874. The van der Waals surface area contributed by atoms with Crippen molar-refractivity contribution in [1.82, 2.24) is 4.98 Å². The Morgan fingerprint density at radius 2 is 2.31 bits per heavy atom. The Kier molecular flexibility index (Phi) is 3.67. The molecule has 0 aliphatic rings. The molecule has 0 unspecified atom stereocenters. The first-order valence-corrected chi connectivity index (χ1v) is 4.26. The monoisotopic (exact) mass is 221 g/mol. The quantitative estimate of drug-likeness (QED) is 0.563. The fourth-order valence-corrected chi connectivity index (χ4v) is 1.01. The number of nitriles is 1. The lowest BCUT2D eigenvalue weighted by Gasteiger charge is -2.02. The first kappa shape index (κ1) is 11.8. The van der Waals surface area contributed by atoms with Crippen LogP contribution in [0.1, 0.15) is 10.5 Å². The number of hydrogen-bond donors (Lipinski definition) is 0. The Morgan fingerprint density at radius 3 is 2.81 bits per heavy atom. The molecule has 0 radical (unpaired) electrons. The van der Waals surface area contributed by atoms with Crippen molar-refractivity contribution in [2.45, 2.75) is 0 Å². The van der Waals surface area contributed by atoms with Crippen LogP contribution >= 0.6 is 0 Å². The number of ether oxygens (including phenoxy) is 1. The van der Waals surface area contributed by atoms with E-state index in [1.165, 1.54) is 20.2 Å². The van der Waals surface area contributed by atoms with Crippen LogP contribution in [0.25, 0.3) is 0 Å². The summed E-state index contributed by atoms with van der Waals surface area (Å²) >= 11 is 0. The van der Waals surface area contributed by atoms with Gasteiger partial charge < -0.3 is 4.74 Å². The highest BCUT2D eigenvalue weighted by Gasteiger charge is 2.19. The van der Waals surface area contributed by atoms with Crippen LogP contribution in [0, 0.1) is 17.1 Å². The third kappa shape index (κ3) is 2.20. The van der Waals surface area contributed by atoms with Crippen molar-refractivity contribution in [2.24, 2.45) is 4.99 Å². The summed E-state index contributed by atoms with van der Waals surface area (Å²) in [7, 11) is 2.61. The normalized spacial score (nSPS) is 10.8. The average molecular weight is 221 g/mol. The number of Topliss-reactive ketones (excluding diaryl/α,β-unsaturated/α-hetero) is 1. The fourth-order valence-electron chi connectivity index (χ4n) is 1.01. The molecule has 0 spiro atoms. The summed E-state index contributed by atoms with van der Waals surface area (Å²) in [6.07, 6.45) is 0. The van der Waals surface area contributed by atoms with Crippen LogP contribution in [-0.2, 0) is 0 Å². The third-order valence-corrected chi connectivity index (χ3v) is 1.79. The Labute approximate surface area is 91.2 Å². The van der Waals surface area contributed by atoms with Crippen molar-refractivity contribution >= 4 is 11.5 Å². The van der Waals surface area contributed by atoms with Crippen LogP contribution in [0.2, 0.25) is 0 Å². The lowest BCUT2D eigenvalue weighted by molar-refractivity contribution is 0.105. The molecule has 0 fully saturated rings. The Hall–Kier alpha value is -2.29. The van der Waals surface area contributed by atoms with Gasteiger partial charge in [0, 0.05) is 13.1 Å². The molecular weight excluding hydrogens is 213 g/mol. The maximum Gasteiger partial charge on any atom is 0.243 e. The molecule has 1 heterocycles. The van der Waals surface area contributed by atoms with E-state index in [1.54, 1.807) is 6.07 Å². The molecule has 1 rings (SSSR count). The van der Waals surface area contributed by atoms with Gasteiger partial charge in [0.25, 0.3) is 0 Å². The second-order valence-corrected chi connectivity index (χ2v) is 2.70. The van der Waals surface area contributed by atoms with E-state index in [0.717, 1.165) is 6.07 Å². The number of carbonyl (C=O) groups is 1. The maximum atomic E-state index is 13.3. The zero-order chi connectivity index (χ0) is 12.1. The van der Waals surface area contributed by atoms with Crippen molar-refractivity contribution in [3.8, 4) is 11.9 Å². The second kappa shape index (κ2) is 4.98. The summed E-state index contributed by atoms with van der Waals surface area (Å²) in [6, 6.07) is 3.89. The van der Waals surface area contributed by atoms with Gasteiger partial charge in [0.2, 0.25) is 11.7 Å². The Balaban J connectivity index is 3.23. The van der Waals surface area contributed by atoms with Crippen LogP contribution in [-0.4, -0.2) is 30.6 Å². The molecule has 1 aromatic rings. The summed E-state index contributed by atoms with van der Waals surface area (Å²) in [5, 5.41) is 8.59. The Morgan fingerprint density at radius 1 is 1.62 bits per heavy atom. The zero-order valence-corrected chi connectivity index (χ0v) is 8.69. The van der Waals surface area contributed by atoms with E-state index in [2.05, 4.69) is 9.98 Å². The molecule has 0 aliphatic heterocycles. The summed E-state index contributed by atoms with van der Waals surface area (Å²) < 4.78 is 18.0. The van der Waals surface area contributed by atoms with Gasteiger partial charge in [0.15, 0.2) is 17.2 Å². The molecule has 0 bridgehead atoms. The minimum Gasteiger partial charge on any atom is -0.481 e. The number of ketones is 1. The van der Waals surface area contributed by atoms with Gasteiger partial charge in [-0.15, -0.1) is 0 Å². The number of rotatable bonds is 3. The van der Waals surface area contributed by atoms with Crippen molar-refractivity contribution < 1.29 is 13.9 Å². The van der Waals surface area contributed by atoms with Crippen LogP contribution in [0.3, 0.4) is 0 Å². The predicted molar refractivity (Wildman–Crippen MR) is 54.0 cm³/mol. The van der Waals surface area contributed by atoms with E-state index in [0.29, 0.717) is 0 Å². The van der Waals surface area contributed by atoms with Gasteiger partial charge in [-0.2, -0.15) is 5.26 Å². The minimum absolute atomic E-state index is 0.0955. The number of aliphatic imine (C=N–C) groups is 1. The predicted octanol–water partition coefficient (Wildman–Crippen LogP) is 1.01. The molecule has 0 atom stereocenters. The van der Waals surface area contributed by atoms with E-state index in [-0.39, 0.29) is 5.88 Å². The topological polar surface area (TPSA) is 75.3 Å². The lowest BCUT2D eigenvalue weighted by Crippen LogP contribution is -2.16. The van der Waals surface area contributed by atoms with Crippen molar-refractivity contribution in [3.63, 3.8) is 0 Å². The molecule has 16 heavy (non-hydrogen) atoms. The molecule has 0 saturated carbocycles. The number of nitrogens with zero attached hydrogens (tertiary/aromatic N) is 3. The number of methoxy groups -OCH3 is 1. The van der Waals surface area contributed by atoms with Gasteiger partial charge in [0.1, 0.15) is 6.07 Å². The van der Waals surface area contributed by atoms with Gasteiger partial charge >= 0.3 is 0 Å². The first-order chi connectivity index (χ1) is 7.63. The molecule has 1 aromatic heterocycles. The van der Waals surface area contributed by atoms with Gasteiger partial charge in [-0.05, 0) is 6.07 Å². The first-order valence-electron chi connectivity index (χ1n) is 4.26. The van der Waals surface area contributed by atoms with E-state index in [9.17, 15) is 9.18 Å². The number of hydrogen-bond acceptors (Lipinski definition) is 5. The number of halogens is 1. The molecule has 82 valence electrons. The van der Waals surface area contributed by atoms with E-state index in [1.807, 2.05) is 0 Å². The minimum atomic E-state index is -0.860. The van der Waals surface area contributed by atoms with Gasteiger partial charge in [-0.3, -0.25) is 9.79 Å². The molecule has 6 heteroatoms. The third-order valence-electron chi connectivity index (χ3n) is 1.79. The van der Waals surface area contributed by atoms with E-state index >= 15 is 0 Å². The summed E-state index contributed by atoms with van der Waals surface area (Å²) in [4.78, 5) is 18.7. The lowest BCUT2D eigenvalue weighted by atomic mass is 10.1. The van der Waals surface area contributed by atoms with Gasteiger partial charge in [-0.1, -0.05) is 0 Å². The largest absolute Gasteiger partial charge is 0.481 e. The van der Waals surface area contributed by atoms with Crippen LogP contribution in [0.4, 0.5) is 4.39 Å². The van der Waals surface area contributed by atoms with Crippen LogP contribution in [0.15, 0.2) is 17.1 Å². The highest BCUT2D eigenvalue weighted by molar-refractivity contribution is 6.50. The molecular formula is C10H8FN3O2. The SMILES string of the molecule is CN=C(C#N)C(=O)c1nc(OC)ccc1F. The zero-order valence-electron chi connectivity index (χ0n) is 8.69. The molecule has 0 aromatic carbocycles. The van der Waals surface area contributed by atoms with Crippen LogP contribution in [0.5, 0.6) is 5.88 Å². The fraction of sp³-hybridized carbons (Fsp3) is 0.200. The van der Waals surface area contributed by atoms with Crippen molar-refractivity contribution in [1.29, 1.82) is 5.26 Å². The molecule has 0 amide bonds. The van der Waals surface area contributed by atoms with E-state index in [4.69, 9.17) is 10.00 Å². The highest BCUT2D eigenvalue weighted by atomic mass is 19.1. The standard InChI is InChI=1S/C10H8FN3O2/c1-13-7(5-12)10(15)9-6(11)3-4-8(14-9)16-2/h3-4H,1-2H3. The van der Waals surface area contributed by atoms with Crippen LogP contribution < -0.4 is 4.74 Å². The average Bonchev–Trinajstić information content (AvgIpc) is 2.31. The summed E-state index contributed by atoms with van der Waals surface area (Å²) in [6.45, 7) is 0. The summed E-state index contributed by atoms with van der Waals surface area (Å²) in [5.74, 6) is -1.58. The van der Waals surface area contributed by atoms with Gasteiger partial charge in [0.05, 0.1) is 7.11 Å². The molecule has 0 N–H and O–H groups in total. The number of carbonyl (C=O) groups excluding carboxylic acids is 1. The van der Waals surface area contributed by atoms with Crippen molar-refractivity contribution in [3.05, 3.63) is 23.6 Å². The molecule has 5 nitrogen and oxygen atoms in total. The maximum absolute atomic E-state index is 13.3. The number of aromatic nitrogens is 1.